The van der Waals surface area contributed by atoms with Crippen molar-refractivity contribution < 1.29 is 9.90 Å². The van der Waals surface area contributed by atoms with E-state index >= 15 is 0 Å². The minimum absolute atomic E-state index is 0.203. The first-order chi connectivity index (χ1) is 14.2. The number of β-amino-alcohol motifs (C(OH)–C–C–N with tert-alkyl or cyclic N) is 1. The molecule has 2 atom stereocenters. The molecule has 3 heterocycles. The second kappa shape index (κ2) is 9.30. The lowest BCUT2D eigenvalue weighted by Crippen LogP contribution is -2.42. The second-order valence-corrected chi connectivity index (χ2v) is 7.78. The third-order valence-corrected chi connectivity index (χ3v) is 5.51. The van der Waals surface area contributed by atoms with Gasteiger partial charge < -0.3 is 21.1 Å². The number of nitrogens with zero attached hydrogens (tertiary/aromatic N) is 3. The molecule has 29 heavy (non-hydrogen) atoms. The quantitative estimate of drug-likeness (QED) is 0.537. The van der Waals surface area contributed by atoms with E-state index < -0.39 is 6.10 Å². The molecule has 0 aliphatic carbocycles. The molecule has 2 unspecified atom stereocenters. The van der Waals surface area contributed by atoms with Gasteiger partial charge in [-0.2, -0.15) is 5.10 Å². The van der Waals surface area contributed by atoms with E-state index in [4.69, 9.17) is 0 Å². The molecule has 1 amide bonds. The number of nitrogens with one attached hydrogen (secondary N) is 3. The number of anilines is 1. The number of rotatable bonds is 7. The molecule has 2 aromatic rings. The molecule has 8 heteroatoms. The summed E-state index contributed by atoms with van der Waals surface area (Å²) >= 11 is 0. The van der Waals surface area contributed by atoms with Crippen LogP contribution < -0.4 is 16.0 Å². The molecule has 1 saturated heterocycles. The zero-order chi connectivity index (χ0) is 20.1. The van der Waals surface area contributed by atoms with Crippen molar-refractivity contribution in [2.75, 3.05) is 38.0 Å². The summed E-state index contributed by atoms with van der Waals surface area (Å²) in [5, 5.41) is 27.7. The SMILES string of the molecule is O=C(NCC(O)CN1CCc2ccccc2C1)c1cnnc(NC2CCNC2)c1. The molecule has 2 aliphatic heterocycles. The van der Waals surface area contributed by atoms with Crippen molar-refractivity contribution in [2.45, 2.75) is 31.5 Å². The molecule has 0 bridgehead atoms. The molecular weight excluding hydrogens is 368 g/mol. The van der Waals surface area contributed by atoms with Crippen molar-refractivity contribution in [2.24, 2.45) is 0 Å². The number of benzene rings is 1. The first-order valence-corrected chi connectivity index (χ1v) is 10.2. The first kappa shape index (κ1) is 19.8. The Morgan fingerprint density at radius 3 is 3.03 bits per heavy atom. The van der Waals surface area contributed by atoms with Gasteiger partial charge >= 0.3 is 0 Å². The average molecular weight is 396 g/mol. The fraction of sp³-hybridized carbons (Fsp3) is 0.476. The van der Waals surface area contributed by atoms with Crippen LogP contribution in [0.5, 0.6) is 0 Å². The van der Waals surface area contributed by atoms with Gasteiger partial charge in [0.15, 0.2) is 0 Å². The minimum Gasteiger partial charge on any atom is -0.390 e. The van der Waals surface area contributed by atoms with Crippen LogP contribution in [0.2, 0.25) is 0 Å². The number of hydrogen-bond donors (Lipinski definition) is 4. The maximum absolute atomic E-state index is 12.5. The number of aromatic nitrogens is 2. The normalized spacial score (nSPS) is 20.1. The van der Waals surface area contributed by atoms with Crippen molar-refractivity contribution in [1.29, 1.82) is 0 Å². The standard InChI is InChI=1S/C21H28N6O2/c28-19(14-27-8-6-15-3-1-2-4-16(15)13-27)12-23-21(29)17-9-20(26-24-10-17)25-18-5-7-22-11-18/h1-4,9-10,18-19,22,28H,5-8,11-14H2,(H,23,29)(H,25,26). The highest BCUT2D eigenvalue weighted by molar-refractivity contribution is 5.94. The third kappa shape index (κ3) is 5.29. The van der Waals surface area contributed by atoms with Crippen LogP contribution >= 0.6 is 0 Å². The van der Waals surface area contributed by atoms with Gasteiger partial charge in [-0.15, -0.1) is 5.10 Å². The van der Waals surface area contributed by atoms with Gasteiger partial charge in [-0.05, 0) is 36.6 Å². The maximum atomic E-state index is 12.5. The van der Waals surface area contributed by atoms with Crippen LogP contribution in [0.1, 0.15) is 27.9 Å². The lowest BCUT2D eigenvalue weighted by atomic mass is 10.00. The van der Waals surface area contributed by atoms with E-state index in [-0.39, 0.29) is 12.5 Å². The highest BCUT2D eigenvalue weighted by atomic mass is 16.3. The van der Waals surface area contributed by atoms with Gasteiger partial charge in [-0.25, -0.2) is 0 Å². The van der Waals surface area contributed by atoms with Crippen LogP contribution in [0.4, 0.5) is 5.82 Å². The molecule has 8 nitrogen and oxygen atoms in total. The number of carbonyl (C=O) groups excluding carboxylic acids is 1. The first-order valence-electron chi connectivity index (χ1n) is 10.2. The summed E-state index contributed by atoms with van der Waals surface area (Å²) < 4.78 is 0. The predicted molar refractivity (Wildman–Crippen MR) is 111 cm³/mol. The number of amides is 1. The van der Waals surface area contributed by atoms with E-state index in [1.54, 1.807) is 6.07 Å². The van der Waals surface area contributed by atoms with E-state index in [2.05, 4.69) is 49.2 Å². The Kier molecular flexibility index (Phi) is 6.33. The highest BCUT2D eigenvalue weighted by Gasteiger charge is 2.19. The number of hydrogen-bond acceptors (Lipinski definition) is 7. The van der Waals surface area contributed by atoms with Crippen molar-refractivity contribution in [1.82, 2.24) is 25.7 Å². The zero-order valence-electron chi connectivity index (χ0n) is 16.5. The van der Waals surface area contributed by atoms with Crippen LogP contribution in [-0.4, -0.2) is 71.0 Å². The second-order valence-electron chi connectivity index (χ2n) is 7.78. The summed E-state index contributed by atoms with van der Waals surface area (Å²) in [6.45, 7) is 4.35. The van der Waals surface area contributed by atoms with E-state index in [0.717, 1.165) is 39.0 Å². The minimum atomic E-state index is -0.624. The largest absolute Gasteiger partial charge is 0.390 e. The Morgan fingerprint density at radius 2 is 2.21 bits per heavy atom. The summed E-state index contributed by atoms with van der Waals surface area (Å²) in [6.07, 6.45) is 2.83. The van der Waals surface area contributed by atoms with Crippen molar-refractivity contribution in [3.8, 4) is 0 Å². The summed E-state index contributed by atoms with van der Waals surface area (Å²) in [4.78, 5) is 14.7. The molecule has 1 aromatic carbocycles. The summed E-state index contributed by atoms with van der Waals surface area (Å²) in [7, 11) is 0. The molecule has 1 fully saturated rings. The lowest BCUT2D eigenvalue weighted by molar-refractivity contribution is 0.0841. The van der Waals surface area contributed by atoms with Gasteiger partial charge in [0.1, 0.15) is 5.82 Å². The maximum Gasteiger partial charge on any atom is 0.253 e. The number of aliphatic hydroxyl groups is 1. The monoisotopic (exact) mass is 396 g/mol. The van der Waals surface area contributed by atoms with Gasteiger partial charge in [0.25, 0.3) is 5.91 Å². The number of fused-ring (bicyclic) bond motifs is 1. The third-order valence-electron chi connectivity index (χ3n) is 5.51. The number of carbonyl (C=O) groups is 1. The molecule has 0 spiro atoms. The van der Waals surface area contributed by atoms with E-state index in [1.165, 1.54) is 17.3 Å². The van der Waals surface area contributed by atoms with Gasteiger partial charge in [-0.3, -0.25) is 9.69 Å². The molecule has 0 saturated carbocycles. The summed E-state index contributed by atoms with van der Waals surface area (Å²) in [6, 6.07) is 10.4. The molecule has 2 aliphatic rings. The highest BCUT2D eigenvalue weighted by Crippen LogP contribution is 2.18. The Bertz CT molecular complexity index is 839. The van der Waals surface area contributed by atoms with Gasteiger partial charge in [-0.1, -0.05) is 24.3 Å². The Labute approximate surface area is 170 Å². The van der Waals surface area contributed by atoms with Crippen molar-refractivity contribution in [3.63, 3.8) is 0 Å². The van der Waals surface area contributed by atoms with Crippen LogP contribution in [0.15, 0.2) is 36.5 Å². The van der Waals surface area contributed by atoms with E-state index in [1.807, 2.05) is 6.07 Å². The van der Waals surface area contributed by atoms with Gasteiger partial charge in [0.05, 0.1) is 17.9 Å². The van der Waals surface area contributed by atoms with Crippen LogP contribution in [0.3, 0.4) is 0 Å². The van der Waals surface area contributed by atoms with E-state index in [0.29, 0.717) is 24.0 Å². The molecule has 4 N–H and O–H groups in total. The fourth-order valence-electron chi connectivity index (χ4n) is 3.93. The molecule has 1 aromatic heterocycles. The Morgan fingerprint density at radius 1 is 1.34 bits per heavy atom. The Hall–Kier alpha value is -2.55. The van der Waals surface area contributed by atoms with Gasteiger partial charge in [0.2, 0.25) is 0 Å². The zero-order valence-corrected chi connectivity index (χ0v) is 16.5. The van der Waals surface area contributed by atoms with Crippen LogP contribution in [0, 0.1) is 0 Å². The molecular formula is C21H28N6O2. The summed E-state index contributed by atoms with van der Waals surface area (Å²) in [5.74, 6) is 0.342. The van der Waals surface area contributed by atoms with Crippen molar-refractivity contribution >= 4 is 11.7 Å². The molecule has 154 valence electrons. The fourth-order valence-corrected chi connectivity index (χ4v) is 3.93. The van der Waals surface area contributed by atoms with Gasteiger partial charge in [0, 0.05) is 38.8 Å². The Balaban J connectivity index is 1.25. The number of aliphatic hydroxyl groups excluding tert-OH is 1. The van der Waals surface area contributed by atoms with Crippen LogP contribution in [0.25, 0.3) is 0 Å². The summed E-state index contributed by atoms with van der Waals surface area (Å²) in [5.41, 5.74) is 3.14. The molecule has 4 rings (SSSR count). The van der Waals surface area contributed by atoms with E-state index in [9.17, 15) is 9.90 Å². The smallest absolute Gasteiger partial charge is 0.253 e. The predicted octanol–water partition coefficient (Wildman–Crippen LogP) is 0.399. The topological polar surface area (TPSA) is 102 Å². The van der Waals surface area contributed by atoms with Crippen LogP contribution in [-0.2, 0) is 13.0 Å². The lowest BCUT2D eigenvalue weighted by Gasteiger charge is -2.30. The van der Waals surface area contributed by atoms with Crippen molar-refractivity contribution in [3.05, 3.63) is 53.2 Å². The average Bonchev–Trinajstić information content (AvgIpc) is 3.25. The molecule has 0 radical (unpaired) electrons.